The predicted octanol–water partition coefficient (Wildman–Crippen LogP) is 3.86. The molecular formula is C20H17FN4OS. The van der Waals surface area contributed by atoms with E-state index in [1.807, 2.05) is 24.4 Å². The van der Waals surface area contributed by atoms with Crippen molar-refractivity contribution in [1.29, 1.82) is 0 Å². The van der Waals surface area contributed by atoms with Crippen LogP contribution in [0.4, 0.5) is 4.39 Å². The SMILES string of the molecule is NCC(NC(=O)c1ccc(-c2ccnc3[nH]ccc23)s1)c1cccc(F)c1. The van der Waals surface area contributed by atoms with Crippen molar-refractivity contribution in [1.82, 2.24) is 15.3 Å². The number of hydrogen-bond acceptors (Lipinski definition) is 4. The third kappa shape index (κ3) is 3.47. The van der Waals surface area contributed by atoms with E-state index >= 15 is 0 Å². The molecule has 0 aliphatic heterocycles. The summed E-state index contributed by atoms with van der Waals surface area (Å²) in [6.45, 7) is 0.182. The summed E-state index contributed by atoms with van der Waals surface area (Å²) in [6, 6.07) is 13.3. The number of nitrogens with one attached hydrogen (secondary N) is 2. The van der Waals surface area contributed by atoms with Gasteiger partial charge in [0.25, 0.3) is 5.91 Å². The Morgan fingerprint density at radius 2 is 2.15 bits per heavy atom. The fourth-order valence-electron chi connectivity index (χ4n) is 3.01. The zero-order chi connectivity index (χ0) is 18.8. The lowest BCUT2D eigenvalue weighted by Crippen LogP contribution is -2.33. The quantitative estimate of drug-likeness (QED) is 0.492. The zero-order valence-electron chi connectivity index (χ0n) is 14.3. The topological polar surface area (TPSA) is 83.8 Å². The molecule has 7 heteroatoms. The van der Waals surface area contributed by atoms with E-state index in [9.17, 15) is 9.18 Å². The first kappa shape index (κ1) is 17.4. The molecule has 136 valence electrons. The molecule has 1 unspecified atom stereocenters. The van der Waals surface area contributed by atoms with Crippen molar-refractivity contribution in [2.75, 3.05) is 6.54 Å². The number of amides is 1. The number of benzene rings is 1. The molecule has 5 nitrogen and oxygen atoms in total. The second-order valence-electron chi connectivity index (χ2n) is 6.08. The number of rotatable bonds is 5. The Labute approximate surface area is 159 Å². The van der Waals surface area contributed by atoms with E-state index in [-0.39, 0.29) is 18.3 Å². The first-order chi connectivity index (χ1) is 13.2. The van der Waals surface area contributed by atoms with Gasteiger partial charge < -0.3 is 16.0 Å². The van der Waals surface area contributed by atoms with Gasteiger partial charge in [-0.3, -0.25) is 4.79 Å². The van der Waals surface area contributed by atoms with Gasteiger partial charge in [-0.15, -0.1) is 11.3 Å². The van der Waals surface area contributed by atoms with Crippen LogP contribution in [0.1, 0.15) is 21.3 Å². The number of H-pyrrole nitrogens is 1. The van der Waals surface area contributed by atoms with Gasteiger partial charge in [-0.05, 0) is 42.0 Å². The number of fused-ring (bicyclic) bond motifs is 1. The standard InChI is InChI=1S/C20H17FN4OS/c21-13-3-1-2-12(10-13)16(11-22)25-20(26)18-5-4-17(27-18)14-6-8-23-19-15(14)7-9-24-19/h1-10,16H,11,22H2,(H,23,24)(H,25,26). The van der Waals surface area contributed by atoms with Crippen molar-refractivity contribution in [3.8, 4) is 10.4 Å². The van der Waals surface area contributed by atoms with Crippen LogP contribution in [0, 0.1) is 5.82 Å². The molecule has 4 rings (SSSR count). The van der Waals surface area contributed by atoms with Gasteiger partial charge in [0.15, 0.2) is 0 Å². The highest BCUT2D eigenvalue weighted by atomic mass is 32.1. The average Bonchev–Trinajstić information content (AvgIpc) is 3.35. The Hall–Kier alpha value is -3.03. The lowest BCUT2D eigenvalue weighted by atomic mass is 10.1. The highest BCUT2D eigenvalue weighted by molar-refractivity contribution is 7.17. The van der Waals surface area contributed by atoms with Crippen molar-refractivity contribution in [3.05, 3.63) is 77.2 Å². The Morgan fingerprint density at radius 3 is 2.96 bits per heavy atom. The van der Waals surface area contributed by atoms with Crippen LogP contribution >= 0.6 is 11.3 Å². The lowest BCUT2D eigenvalue weighted by molar-refractivity contribution is 0.0942. The van der Waals surface area contributed by atoms with Gasteiger partial charge >= 0.3 is 0 Å². The van der Waals surface area contributed by atoms with E-state index in [0.29, 0.717) is 10.4 Å². The summed E-state index contributed by atoms with van der Waals surface area (Å²) in [7, 11) is 0. The van der Waals surface area contributed by atoms with Crippen LogP contribution in [0.5, 0.6) is 0 Å². The zero-order valence-corrected chi connectivity index (χ0v) is 15.1. The number of halogens is 1. The van der Waals surface area contributed by atoms with Crippen molar-refractivity contribution in [3.63, 3.8) is 0 Å². The van der Waals surface area contributed by atoms with Gasteiger partial charge in [-0.25, -0.2) is 9.37 Å². The van der Waals surface area contributed by atoms with Crippen molar-refractivity contribution in [2.24, 2.45) is 5.73 Å². The van der Waals surface area contributed by atoms with E-state index in [0.717, 1.165) is 21.5 Å². The number of pyridine rings is 1. The number of thiophene rings is 1. The largest absolute Gasteiger partial charge is 0.346 e. The van der Waals surface area contributed by atoms with Crippen LogP contribution in [0.25, 0.3) is 21.5 Å². The van der Waals surface area contributed by atoms with Crippen molar-refractivity contribution < 1.29 is 9.18 Å². The van der Waals surface area contributed by atoms with E-state index in [2.05, 4.69) is 15.3 Å². The Morgan fingerprint density at radius 1 is 1.26 bits per heavy atom. The molecule has 3 aromatic heterocycles. The monoisotopic (exact) mass is 380 g/mol. The first-order valence-electron chi connectivity index (χ1n) is 8.44. The molecule has 0 bridgehead atoms. The smallest absolute Gasteiger partial charge is 0.261 e. The molecule has 3 heterocycles. The summed E-state index contributed by atoms with van der Waals surface area (Å²) in [4.78, 5) is 21.6. The molecule has 0 radical (unpaired) electrons. The minimum atomic E-state index is -0.448. The lowest BCUT2D eigenvalue weighted by Gasteiger charge is -2.16. The second kappa shape index (κ2) is 7.30. The molecule has 4 N–H and O–H groups in total. The summed E-state index contributed by atoms with van der Waals surface area (Å²) in [5.41, 5.74) is 8.25. The molecule has 0 saturated carbocycles. The number of nitrogens with zero attached hydrogens (tertiary/aromatic N) is 1. The van der Waals surface area contributed by atoms with E-state index in [4.69, 9.17) is 5.73 Å². The maximum atomic E-state index is 13.5. The molecule has 0 fully saturated rings. The van der Waals surface area contributed by atoms with Gasteiger partial charge in [0, 0.05) is 34.8 Å². The van der Waals surface area contributed by atoms with Gasteiger partial charge in [0.1, 0.15) is 11.5 Å². The minimum Gasteiger partial charge on any atom is -0.346 e. The fraction of sp³-hybridized carbons (Fsp3) is 0.100. The normalized spacial score (nSPS) is 12.2. The van der Waals surface area contributed by atoms with Crippen LogP contribution in [0.15, 0.2) is 60.9 Å². The summed E-state index contributed by atoms with van der Waals surface area (Å²) in [5.74, 6) is -0.586. The Kier molecular flexibility index (Phi) is 4.70. The van der Waals surface area contributed by atoms with E-state index < -0.39 is 6.04 Å². The molecule has 1 atom stereocenters. The molecule has 27 heavy (non-hydrogen) atoms. The van der Waals surface area contributed by atoms with E-state index in [1.165, 1.54) is 23.5 Å². The third-order valence-electron chi connectivity index (χ3n) is 4.35. The molecule has 1 aromatic carbocycles. The van der Waals surface area contributed by atoms with Gasteiger partial charge in [0.05, 0.1) is 10.9 Å². The molecule has 0 aliphatic rings. The fourth-order valence-corrected chi connectivity index (χ4v) is 3.96. The molecule has 0 saturated heterocycles. The maximum Gasteiger partial charge on any atom is 0.261 e. The highest BCUT2D eigenvalue weighted by Gasteiger charge is 2.17. The number of nitrogens with two attached hydrogens (primary N) is 1. The molecule has 0 spiro atoms. The summed E-state index contributed by atoms with van der Waals surface area (Å²) >= 11 is 1.39. The predicted molar refractivity (Wildman–Crippen MR) is 105 cm³/mol. The van der Waals surface area contributed by atoms with E-state index in [1.54, 1.807) is 24.4 Å². The molecular weight excluding hydrogens is 363 g/mol. The van der Waals surface area contributed by atoms with Gasteiger partial charge in [-0.2, -0.15) is 0 Å². The van der Waals surface area contributed by atoms with Crippen LogP contribution < -0.4 is 11.1 Å². The number of carbonyl (C=O) groups excluding carboxylic acids is 1. The maximum absolute atomic E-state index is 13.5. The summed E-state index contributed by atoms with van der Waals surface area (Å²) in [6.07, 6.45) is 3.58. The van der Waals surface area contributed by atoms with Crippen LogP contribution in [0.3, 0.4) is 0 Å². The number of carbonyl (C=O) groups is 1. The number of aromatic amines is 1. The van der Waals surface area contributed by atoms with Crippen LogP contribution in [-0.2, 0) is 0 Å². The number of hydrogen-bond donors (Lipinski definition) is 3. The summed E-state index contributed by atoms with van der Waals surface area (Å²) in [5, 5.41) is 3.89. The van der Waals surface area contributed by atoms with Crippen LogP contribution in [0.2, 0.25) is 0 Å². The Balaban J connectivity index is 1.57. The first-order valence-corrected chi connectivity index (χ1v) is 9.26. The van der Waals surface area contributed by atoms with Gasteiger partial charge in [0.2, 0.25) is 0 Å². The second-order valence-corrected chi connectivity index (χ2v) is 7.16. The van der Waals surface area contributed by atoms with Gasteiger partial charge in [-0.1, -0.05) is 12.1 Å². The average molecular weight is 380 g/mol. The molecule has 0 aliphatic carbocycles. The Bertz CT molecular complexity index is 1100. The third-order valence-corrected chi connectivity index (χ3v) is 5.46. The highest BCUT2D eigenvalue weighted by Crippen LogP contribution is 2.32. The molecule has 4 aromatic rings. The number of aromatic nitrogens is 2. The summed E-state index contributed by atoms with van der Waals surface area (Å²) < 4.78 is 13.5. The minimum absolute atomic E-state index is 0.182. The van der Waals surface area contributed by atoms with Crippen molar-refractivity contribution >= 4 is 28.3 Å². The molecule has 1 amide bonds. The van der Waals surface area contributed by atoms with Crippen LogP contribution in [-0.4, -0.2) is 22.4 Å². The van der Waals surface area contributed by atoms with Crippen molar-refractivity contribution in [2.45, 2.75) is 6.04 Å².